The van der Waals surface area contributed by atoms with E-state index in [1.54, 1.807) is 22.8 Å². The molecule has 0 saturated heterocycles. The Morgan fingerprint density at radius 2 is 2.33 bits per heavy atom. The predicted molar refractivity (Wildman–Crippen MR) is 79.2 cm³/mol. The van der Waals surface area contributed by atoms with Gasteiger partial charge in [-0.25, -0.2) is 9.89 Å². The minimum Gasteiger partial charge on any atom is -0.409 e. The van der Waals surface area contributed by atoms with Crippen molar-refractivity contribution in [3.63, 3.8) is 0 Å². The van der Waals surface area contributed by atoms with Crippen molar-refractivity contribution in [3.8, 4) is 0 Å². The zero-order chi connectivity index (χ0) is 15.0. The van der Waals surface area contributed by atoms with Crippen molar-refractivity contribution in [2.75, 3.05) is 0 Å². The molecule has 1 heterocycles. The lowest BCUT2D eigenvalue weighted by atomic mass is 10.2. The van der Waals surface area contributed by atoms with Crippen LogP contribution < -0.4 is 11.4 Å². The summed E-state index contributed by atoms with van der Waals surface area (Å²) in [7, 11) is 0. The largest absolute Gasteiger partial charge is 0.409 e. The van der Waals surface area contributed by atoms with Gasteiger partial charge in [-0.15, -0.1) is 5.10 Å². The lowest BCUT2D eigenvalue weighted by molar-refractivity contribution is 0.318. The van der Waals surface area contributed by atoms with E-state index in [1.807, 2.05) is 0 Å². The van der Waals surface area contributed by atoms with E-state index in [9.17, 15) is 4.79 Å². The van der Waals surface area contributed by atoms with Gasteiger partial charge in [0.15, 0.2) is 11.0 Å². The molecule has 21 heavy (non-hydrogen) atoms. The summed E-state index contributed by atoms with van der Waals surface area (Å²) in [6.45, 7) is 0. The molecule has 0 bridgehead atoms. The van der Waals surface area contributed by atoms with Crippen LogP contribution >= 0.6 is 23.4 Å². The van der Waals surface area contributed by atoms with Crippen LogP contribution in [-0.4, -0.2) is 25.8 Å². The van der Waals surface area contributed by atoms with Crippen LogP contribution in [0.4, 0.5) is 0 Å². The molecule has 110 valence electrons. The van der Waals surface area contributed by atoms with E-state index in [2.05, 4.69) is 15.4 Å². The topological polar surface area (TPSA) is 109 Å². The summed E-state index contributed by atoms with van der Waals surface area (Å²) >= 11 is 7.21. The first-order valence-electron chi connectivity index (χ1n) is 6.22. The Morgan fingerprint density at radius 3 is 3.00 bits per heavy atom. The average molecular weight is 326 g/mol. The van der Waals surface area contributed by atoms with Gasteiger partial charge in [-0.2, -0.15) is 0 Å². The molecule has 1 aliphatic rings. The Hall–Kier alpha value is -1.93. The van der Waals surface area contributed by atoms with E-state index >= 15 is 0 Å². The fraction of sp³-hybridized carbons (Fsp3) is 0.250. The van der Waals surface area contributed by atoms with E-state index in [-0.39, 0.29) is 17.6 Å². The standard InChI is InChI=1S/C12H12ClN5O2S/c13-6-1-4-9(8(5-6)10(14)17-20)21-12-16-15-11(19)18(12)7-2-3-7/h1,4-5,7,20H,2-3H2,(H2,14,17)(H,15,19). The summed E-state index contributed by atoms with van der Waals surface area (Å²) in [4.78, 5) is 12.5. The van der Waals surface area contributed by atoms with Gasteiger partial charge in [0.2, 0.25) is 0 Å². The third-order valence-electron chi connectivity index (χ3n) is 3.11. The lowest BCUT2D eigenvalue weighted by Gasteiger charge is -2.08. The van der Waals surface area contributed by atoms with E-state index < -0.39 is 0 Å². The molecule has 0 atom stereocenters. The smallest absolute Gasteiger partial charge is 0.344 e. The number of nitrogens with two attached hydrogens (primary N) is 1. The number of H-pyrrole nitrogens is 1. The number of aromatic amines is 1. The van der Waals surface area contributed by atoms with E-state index in [4.69, 9.17) is 22.5 Å². The van der Waals surface area contributed by atoms with Gasteiger partial charge in [-0.1, -0.05) is 16.8 Å². The molecule has 7 nitrogen and oxygen atoms in total. The molecule has 9 heteroatoms. The number of nitrogens with one attached hydrogen (secondary N) is 1. The number of aromatic nitrogens is 3. The first kappa shape index (κ1) is 14.0. The SMILES string of the molecule is NC(=NO)c1cc(Cl)ccc1Sc1n[nH]c(=O)n1C1CC1. The van der Waals surface area contributed by atoms with Gasteiger partial charge in [0.05, 0.1) is 0 Å². The molecule has 3 rings (SSSR count). The molecule has 1 aromatic heterocycles. The van der Waals surface area contributed by atoms with Crippen molar-refractivity contribution in [1.82, 2.24) is 14.8 Å². The number of amidine groups is 1. The second-order valence-corrected chi connectivity index (χ2v) is 6.09. The summed E-state index contributed by atoms with van der Waals surface area (Å²) in [5.41, 5.74) is 5.93. The molecule has 2 aromatic rings. The van der Waals surface area contributed by atoms with Gasteiger partial charge >= 0.3 is 5.69 Å². The van der Waals surface area contributed by atoms with Crippen LogP contribution in [0.3, 0.4) is 0 Å². The van der Waals surface area contributed by atoms with Crippen LogP contribution in [0.2, 0.25) is 5.02 Å². The minimum absolute atomic E-state index is 0.0455. The molecule has 4 N–H and O–H groups in total. The van der Waals surface area contributed by atoms with Gasteiger partial charge in [0.25, 0.3) is 0 Å². The van der Waals surface area contributed by atoms with Crippen LogP contribution in [0.15, 0.2) is 38.2 Å². The first-order chi connectivity index (χ1) is 10.1. The number of benzene rings is 1. The highest BCUT2D eigenvalue weighted by Gasteiger charge is 2.29. The average Bonchev–Trinajstić information content (AvgIpc) is 3.24. The zero-order valence-electron chi connectivity index (χ0n) is 10.8. The maximum atomic E-state index is 11.8. The Morgan fingerprint density at radius 1 is 1.57 bits per heavy atom. The van der Waals surface area contributed by atoms with Crippen molar-refractivity contribution in [2.24, 2.45) is 10.9 Å². The number of halogens is 1. The highest BCUT2D eigenvalue weighted by molar-refractivity contribution is 7.99. The molecule has 1 fully saturated rings. The third kappa shape index (κ3) is 2.77. The molecule has 0 spiro atoms. The number of rotatable bonds is 4. The number of oxime groups is 1. The van der Waals surface area contributed by atoms with Crippen molar-refractivity contribution in [1.29, 1.82) is 0 Å². The normalized spacial score (nSPS) is 15.4. The second-order valence-electron chi connectivity index (χ2n) is 4.64. The molecular formula is C12H12ClN5O2S. The zero-order valence-corrected chi connectivity index (χ0v) is 12.4. The van der Waals surface area contributed by atoms with Crippen LogP contribution in [0.5, 0.6) is 0 Å². The van der Waals surface area contributed by atoms with Gasteiger partial charge in [-0.05, 0) is 42.8 Å². The Labute approximate surface area is 128 Å². The summed E-state index contributed by atoms with van der Waals surface area (Å²) in [6.07, 6.45) is 1.95. The molecule has 0 unspecified atom stereocenters. The summed E-state index contributed by atoms with van der Waals surface area (Å²) in [5, 5.41) is 19.4. The second kappa shape index (κ2) is 5.45. The van der Waals surface area contributed by atoms with Crippen LogP contribution in [0, 0.1) is 0 Å². The molecule has 0 aliphatic heterocycles. The maximum Gasteiger partial charge on any atom is 0.344 e. The molecule has 1 aliphatic carbocycles. The van der Waals surface area contributed by atoms with Gasteiger partial charge in [0, 0.05) is 21.5 Å². The van der Waals surface area contributed by atoms with Crippen LogP contribution in [0.1, 0.15) is 24.4 Å². The van der Waals surface area contributed by atoms with Gasteiger partial charge in [-0.3, -0.25) is 4.57 Å². The molecule has 1 aromatic carbocycles. The lowest BCUT2D eigenvalue weighted by Crippen LogP contribution is -2.16. The van der Waals surface area contributed by atoms with E-state index in [0.717, 1.165) is 12.8 Å². The fourth-order valence-corrected chi connectivity index (χ4v) is 3.16. The number of nitrogens with zero attached hydrogens (tertiary/aromatic N) is 3. The Kier molecular flexibility index (Phi) is 3.64. The number of hydrogen-bond donors (Lipinski definition) is 3. The highest BCUT2D eigenvalue weighted by Crippen LogP contribution is 2.38. The third-order valence-corrected chi connectivity index (χ3v) is 4.39. The van der Waals surface area contributed by atoms with Crippen molar-refractivity contribution in [2.45, 2.75) is 28.9 Å². The maximum absolute atomic E-state index is 11.8. The quantitative estimate of drug-likeness (QED) is 0.344. The molecule has 0 radical (unpaired) electrons. The van der Waals surface area contributed by atoms with Crippen LogP contribution in [0.25, 0.3) is 0 Å². The van der Waals surface area contributed by atoms with Crippen molar-refractivity contribution >= 4 is 29.2 Å². The Bertz CT molecular complexity index is 765. The van der Waals surface area contributed by atoms with E-state index in [1.165, 1.54) is 11.8 Å². The fourth-order valence-electron chi connectivity index (χ4n) is 1.96. The predicted octanol–water partition coefficient (Wildman–Crippen LogP) is 1.81. The summed E-state index contributed by atoms with van der Waals surface area (Å²) in [5.74, 6) is -0.0455. The molecule has 1 saturated carbocycles. The summed E-state index contributed by atoms with van der Waals surface area (Å²) < 4.78 is 1.63. The van der Waals surface area contributed by atoms with Crippen LogP contribution in [-0.2, 0) is 0 Å². The van der Waals surface area contributed by atoms with Gasteiger partial charge in [0.1, 0.15) is 0 Å². The molecule has 0 amide bonds. The minimum atomic E-state index is -0.223. The monoisotopic (exact) mass is 325 g/mol. The van der Waals surface area contributed by atoms with Crippen molar-refractivity contribution in [3.05, 3.63) is 39.3 Å². The number of hydrogen-bond acceptors (Lipinski definition) is 5. The van der Waals surface area contributed by atoms with E-state index in [0.29, 0.717) is 20.6 Å². The van der Waals surface area contributed by atoms with Crippen molar-refractivity contribution < 1.29 is 5.21 Å². The first-order valence-corrected chi connectivity index (χ1v) is 7.42. The highest BCUT2D eigenvalue weighted by atomic mass is 35.5. The van der Waals surface area contributed by atoms with Gasteiger partial charge < -0.3 is 10.9 Å². The molecular weight excluding hydrogens is 314 g/mol. The Balaban J connectivity index is 2.01. The summed E-state index contributed by atoms with van der Waals surface area (Å²) in [6, 6.07) is 5.25.